The number of carbonyl (C=O) groups excluding carboxylic acids is 3. The second-order valence-corrected chi connectivity index (χ2v) is 8.40. The third-order valence-electron chi connectivity index (χ3n) is 4.91. The number of methoxy groups -OCH3 is 2. The Labute approximate surface area is 216 Å². The van der Waals surface area contributed by atoms with E-state index < -0.39 is 17.8 Å². The van der Waals surface area contributed by atoms with Gasteiger partial charge in [-0.25, -0.2) is 10.2 Å². The molecule has 0 aliphatic rings. The minimum Gasteiger partial charge on any atom is -0.493 e. The number of amides is 2. The van der Waals surface area contributed by atoms with E-state index in [2.05, 4.69) is 31.8 Å². The van der Waals surface area contributed by atoms with Gasteiger partial charge >= 0.3 is 5.97 Å². The highest BCUT2D eigenvalue weighted by atomic mass is 79.9. The summed E-state index contributed by atoms with van der Waals surface area (Å²) in [6.45, 7) is 1.62. The molecule has 0 radical (unpaired) electrons. The highest BCUT2D eigenvalue weighted by Gasteiger charge is 2.13. The Hall–Kier alpha value is -4.18. The van der Waals surface area contributed by atoms with Crippen LogP contribution >= 0.6 is 15.9 Å². The number of carbonyl (C=O) groups is 3. The lowest BCUT2D eigenvalue weighted by Gasteiger charge is -2.10. The molecule has 0 bridgehead atoms. The van der Waals surface area contributed by atoms with Crippen LogP contribution < -0.4 is 25.0 Å². The molecule has 0 unspecified atom stereocenters. The van der Waals surface area contributed by atoms with Gasteiger partial charge in [0.05, 0.1) is 32.5 Å². The molecule has 2 amide bonds. The number of esters is 1. The van der Waals surface area contributed by atoms with Crippen molar-refractivity contribution in [3.63, 3.8) is 0 Å². The smallest absolute Gasteiger partial charge is 0.343 e. The predicted molar refractivity (Wildman–Crippen MR) is 138 cm³/mol. The van der Waals surface area contributed by atoms with Crippen molar-refractivity contribution < 1.29 is 28.6 Å². The molecule has 36 heavy (non-hydrogen) atoms. The van der Waals surface area contributed by atoms with E-state index >= 15 is 0 Å². The zero-order valence-corrected chi connectivity index (χ0v) is 21.4. The van der Waals surface area contributed by atoms with Crippen molar-refractivity contribution in [1.29, 1.82) is 0 Å². The summed E-state index contributed by atoms with van der Waals surface area (Å²) in [4.78, 5) is 37.0. The molecule has 0 heterocycles. The van der Waals surface area contributed by atoms with Gasteiger partial charge in [-0.05, 0) is 55.5 Å². The number of ether oxygens (including phenoxy) is 3. The average Bonchev–Trinajstić information content (AvgIpc) is 2.88. The number of aryl methyl sites for hydroxylation is 1. The fraction of sp³-hybridized carbons (Fsp3) is 0.154. The molecule has 3 aromatic rings. The van der Waals surface area contributed by atoms with Crippen molar-refractivity contribution in [3.05, 3.63) is 87.4 Å². The van der Waals surface area contributed by atoms with Crippen LogP contribution in [0.15, 0.2) is 70.2 Å². The molecule has 0 aliphatic heterocycles. The van der Waals surface area contributed by atoms with Gasteiger partial charge in [-0.3, -0.25) is 9.59 Å². The van der Waals surface area contributed by atoms with Crippen LogP contribution in [0.3, 0.4) is 0 Å². The molecule has 2 N–H and O–H groups in total. The van der Waals surface area contributed by atoms with Gasteiger partial charge in [-0.15, -0.1) is 0 Å². The molecule has 0 spiro atoms. The van der Waals surface area contributed by atoms with E-state index in [0.29, 0.717) is 28.2 Å². The van der Waals surface area contributed by atoms with Crippen LogP contribution in [0, 0.1) is 6.92 Å². The monoisotopic (exact) mass is 553 g/mol. The maximum atomic E-state index is 12.5. The Bertz CT molecular complexity index is 1290. The van der Waals surface area contributed by atoms with E-state index in [9.17, 15) is 14.4 Å². The molecule has 3 rings (SSSR count). The van der Waals surface area contributed by atoms with Crippen molar-refractivity contribution in [2.24, 2.45) is 5.10 Å². The van der Waals surface area contributed by atoms with Crippen molar-refractivity contribution in [2.45, 2.75) is 6.92 Å². The topological polar surface area (TPSA) is 115 Å². The Morgan fingerprint density at radius 1 is 0.889 bits per heavy atom. The minimum atomic E-state index is -0.548. The number of nitrogens with one attached hydrogen (secondary N) is 2. The van der Waals surface area contributed by atoms with Gasteiger partial charge < -0.3 is 19.5 Å². The largest absolute Gasteiger partial charge is 0.493 e. The highest BCUT2D eigenvalue weighted by Crippen LogP contribution is 2.27. The van der Waals surface area contributed by atoms with E-state index in [-0.39, 0.29) is 12.3 Å². The zero-order valence-electron chi connectivity index (χ0n) is 19.8. The molecule has 0 saturated heterocycles. The van der Waals surface area contributed by atoms with E-state index in [1.54, 1.807) is 42.5 Å². The van der Waals surface area contributed by atoms with Crippen LogP contribution in [-0.4, -0.2) is 44.8 Å². The van der Waals surface area contributed by atoms with E-state index in [4.69, 9.17) is 14.2 Å². The van der Waals surface area contributed by atoms with E-state index in [0.717, 1.165) is 10.0 Å². The molecule has 0 atom stereocenters. The standard InChI is InChI=1S/C26H24BrN3O6/c1-16-4-6-17(7-5-16)26(33)36-21-11-9-20(27)12-19(21)14-29-30-24(31)15-28-25(32)18-8-10-22(34-2)23(13-18)35-3/h4-14H,15H2,1-3H3,(H,28,32)(H,30,31)/b29-14-. The second-order valence-electron chi connectivity index (χ2n) is 7.48. The molecule has 186 valence electrons. The van der Waals surface area contributed by atoms with Crippen molar-refractivity contribution in [2.75, 3.05) is 20.8 Å². The Kier molecular flexibility index (Phi) is 9.18. The van der Waals surface area contributed by atoms with Gasteiger partial charge in [-0.2, -0.15) is 5.10 Å². The quantitative estimate of drug-likeness (QED) is 0.180. The summed E-state index contributed by atoms with van der Waals surface area (Å²) >= 11 is 3.36. The van der Waals surface area contributed by atoms with Gasteiger partial charge in [0.15, 0.2) is 11.5 Å². The number of rotatable bonds is 9. The first kappa shape index (κ1) is 26.4. The van der Waals surface area contributed by atoms with Crippen LogP contribution in [0.25, 0.3) is 0 Å². The lowest BCUT2D eigenvalue weighted by Crippen LogP contribution is -2.34. The normalized spacial score (nSPS) is 10.6. The average molecular weight is 554 g/mol. The molecule has 0 fully saturated rings. The molecule has 9 nitrogen and oxygen atoms in total. The lowest BCUT2D eigenvalue weighted by molar-refractivity contribution is -0.120. The summed E-state index contributed by atoms with van der Waals surface area (Å²) in [5.41, 5.74) is 4.53. The molecule has 3 aromatic carbocycles. The van der Waals surface area contributed by atoms with Crippen LogP contribution in [-0.2, 0) is 4.79 Å². The number of hydrazone groups is 1. The Morgan fingerprint density at radius 2 is 1.56 bits per heavy atom. The van der Waals surface area contributed by atoms with E-state index in [1.165, 1.54) is 26.5 Å². The number of benzene rings is 3. The van der Waals surface area contributed by atoms with Crippen LogP contribution in [0.2, 0.25) is 0 Å². The van der Waals surface area contributed by atoms with E-state index in [1.807, 2.05) is 19.1 Å². The molecule has 10 heteroatoms. The predicted octanol–water partition coefficient (Wildman–Crippen LogP) is 3.87. The third-order valence-corrected chi connectivity index (χ3v) is 5.40. The summed E-state index contributed by atoms with van der Waals surface area (Å²) in [5, 5.41) is 6.42. The number of hydrogen-bond acceptors (Lipinski definition) is 7. The summed E-state index contributed by atoms with van der Waals surface area (Å²) in [7, 11) is 2.96. The lowest BCUT2D eigenvalue weighted by atomic mass is 10.1. The van der Waals surface area contributed by atoms with Crippen molar-refractivity contribution in [3.8, 4) is 17.2 Å². The minimum absolute atomic E-state index is 0.267. The summed E-state index contributed by atoms with van der Waals surface area (Å²) in [5.74, 6) is -0.386. The maximum absolute atomic E-state index is 12.5. The van der Waals surface area contributed by atoms with Crippen LogP contribution in [0.4, 0.5) is 0 Å². The van der Waals surface area contributed by atoms with Gasteiger partial charge in [-0.1, -0.05) is 33.6 Å². The molecule has 0 saturated carbocycles. The third kappa shape index (κ3) is 7.16. The number of nitrogens with zero attached hydrogens (tertiary/aromatic N) is 1. The summed E-state index contributed by atoms with van der Waals surface area (Å²) in [6.07, 6.45) is 1.34. The summed E-state index contributed by atoms with van der Waals surface area (Å²) < 4.78 is 16.6. The molecule has 0 aliphatic carbocycles. The summed E-state index contributed by atoms with van der Waals surface area (Å²) in [6, 6.07) is 16.7. The van der Waals surface area contributed by atoms with Gasteiger partial charge in [0, 0.05) is 15.6 Å². The molecular weight excluding hydrogens is 530 g/mol. The number of halogens is 1. The number of hydrogen-bond donors (Lipinski definition) is 2. The second kappa shape index (κ2) is 12.5. The van der Waals surface area contributed by atoms with Crippen molar-refractivity contribution in [1.82, 2.24) is 10.7 Å². The maximum Gasteiger partial charge on any atom is 0.343 e. The van der Waals surface area contributed by atoms with Gasteiger partial charge in [0.2, 0.25) is 0 Å². The first-order valence-corrected chi connectivity index (χ1v) is 11.5. The van der Waals surface area contributed by atoms with Gasteiger partial charge in [0.25, 0.3) is 11.8 Å². The van der Waals surface area contributed by atoms with Crippen molar-refractivity contribution >= 4 is 39.9 Å². The fourth-order valence-electron chi connectivity index (χ4n) is 3.02. The van der Waals surface area contributed by atoms with Gasteiger partial charge in [0.1, 0.15) is 5.75 Å². The fourth-order valence-corrected chi connectivity index (χ4v) is 3.39. The first-order valence-electron chi connectivity index (χ1n) is 10.7. The Morgan fingerprint density at radius 3 is 2.25 bits per heavy atom. The zero-order chi connectivity index (χ0) is 26.1. The van der Waals surface area contributed by atoms with Crippen LogP contribution in [0.5, 0.6) is 17.2 Å². The molecule has 0 aromatic heterocycles. The molecular formula is C26H24BrN3O6. The van der Waals surface area contributed by atoms with Crippen LogP contribution in [0.1, 0.15) is 31.8 Å². The first-order chi connectivity index (χ1) is 17.3. The SMILES string of the molecule is COc1ccc(C(=O)NCC(=O)N/N=C\c2cc(Br)ccc2OC(=O)c2ccc(C)cc2)cc1OC. The Balaban J connectivity index is 1.58. The highest BCUT2D eigenvalue weighted by molar-refractivity contribution is 9.10.